The Kier molecular flexibility index (Phi) is 5.45. The summed E-state index contributed by atoms with van der Waals surface area (Å²) in [5.74, 6) is -5.62. The molecular weight excluding hydrogens is 433 g/mol. The molecule has 0 radical (unpaired) electrons. The number of amides is 2. The van der Waals surface area contributed by atoms with Gasteiger partial charge in [0.25, 0.3) is 11.8 Å². The second kappa shape index (κ2) is 8.07. The third-order valence-corrected chi connectivity index (χ3v) is 5.46. The molecule has 10 heteroatoms. The topological polar surface area (TPSA) is 67.2 Å². The highest BCUT2D eigenvalue weighted by Crippen LogP contribution is 2.35. The van der Waals surface area contributed by atoms with Crippen molar-refractivity contribution in [2.45, 2.75) is 12.5 Å². The summed E-state index contributed by atoms with van der Waals surface area (Å²) in [5, 5.41) is 7.36. The van der Waals surface area contributed by atoms with E-state index in [9.17, 15) is 22.8 Å². The highest BCUT2D eigenvalue weighted by atomic mass is 35.5. The van der Waals surface area contributed by atoms with Gasteiger partial charge in [0, 0.05) is 19.2 Å². The summed E-state index contributed by atoms with van der Waals surface area (Å²) in [6, 6.07) is 7.44. The van der Waals surface area contributed by atoms with Crippen LogP contribution in [0.3, 0.4) is 0 Å². The predicted molar refractivity (Wildman–Crippen MR) is 107 cm³/mol. The number of halogens is 4. The summed E-state index contributed by atoms with van der Waals surface area (Å²) < 4.78 is 42.0. The van der Waals surface area contributed by atoms with Crippen molar-refractivity contribution in [1.29, 1.82) is 0 Å². The molecule has 2 aromatic carbocycles. The molecule has 1 aromatic heterocycles. The van der Waals surface area contributed by atoms with Gasteiger partial charge in [0.1, 0.15) is 0 Å². The number of rotatable bonds is 3. The highest BCUT2D eigenvalue weighted by molar-refractivity contribution is 6.33. The minimum absolute atomic E-state index is 0.144. The molecule has 2 heterocycles. The molecule has 0 bridgehead atoms. The molecule has 2 amide bonds. The first-order valence-corrected chi connectivity index (χ1v) is 9.69. The van der Waals surface area contributed by atoms with Crippen molar-refractivity contribution in [3.05, 3.63) is 81.9 Å². The van der Waals surface area contributed by atoms with Crippen LogP contribution in [0.1, 0.15) is 38.9 Å². The number of aryl methyl sites for hydroxylation is 1. The van der Waals surface area contributed by atoms with Gasteiger partial charge in [0.15, 0.2) is 17.5 Å². The molecule has 0 saturated heterocycles. The van der Waals surface area contributed by atoms with E-state index >= 15 is 0 Å². The van der Waals surface area contributed by atoms with Crippen LogP contribution in [0.5, 0.6) is 0 Å². The maximum absolute atomic E-state index is 13.6. The van der Waals surface area contributed by atoms with E-state index in [1.165, 1.54) is 15.8 Å². The lowest BCUT2D eigenvalue weighted by Crippen LogP contribution is -2.41. The second-order valence-corrected chi connectivity index (χ2v) is 7.45. The van der Waals surface area contributed by atoms with Crippen LogP contribution in [0.15, 0.2) is 42.6 Å². The third-order valence-electron chi connectivity index (χ3n) is 5.13. The van der Waals surface area contributed by atoms with E-state index in [0.717, 1.165) is 0 Å². The van der Waals surface area contributed by atoms with Crippen molar-refractivity contribution in [3.63, 3.8) is 0 Å². The van der Waals surface area contributed by atoms with Crippen molar-refractivity contribution >= 4 is 29.1 Å². The number of carbonyl (C=O) groups excluding carboxylic acids is 2. The van der Waals surface area contributed by atoms with Gasteiger partial charge in [-0.05, 0) is 30.7 Å². The smallest absolute Gasteiger partial charge is 0.258 e. The Morgan fingerprint density at radius 1 is 1.16 bits per heavy atom. The first-order chi connectivity index (χ1) is 14.8. The van der Waals surface area contributed by atoms with E-state index in [4.69, 9.17) is 11.6 Å². The van der Waals surface area contributed by atoms with Gasteiger partial charge in [-0.15, -0.1) is 0 Å². The van der Waals surface area contributed by atoms with Gasteiger partial charge < -0.3 is 10.2 Å². The van der Waals surface area contributed by atoms with Gasteiger partial charge in [0.05, 0.1) is 34.2 Å². The zero-order chi connectivity index (χ0) is 22.3. The monoisotopic (exact) mass is 448 g/mol. The average Bonchev–Trinajstić information content (AvgIpc) is 3.13. The Bertz CT molecular complexity index is 1170. The lowest BCUT2D eigenvalue weighted by molar-refractivity contribution is 0.0931. The summed E-state index contributed by atoms with van der Waals surface area (Å²) >= 11 is 6.10. The second-order valence-electron chi connectivity index (χ2n) is 7.04. The fraction of sp³-hybridized carbons (Fsp3) is 0.190. The van der Waals surface area contributed by atoms with E-state index in [0.29, 0.717) is 40.5 Å². The number of aromatic nitrogens is 2. The molecule has 0 saturated carbocycles. The quantitative estimate of drug-likeness (QED) is 0.616. The third kappa shape index (κ3) is 3.76. The number of fused-ring (bicyclic) bond motifs is 1. The SMILES string of the molecule is Cn1ncc2c1C(NC(=O)c1ccccc1Cl)CCN2C(=O)c1cc(F)c(F)c(F)c1. The molecule has 3 aromatic rings. The van der Waals surface area contributed by atoms with Gasteiger partial charge in [0.2, 0.25) is 0 Å². The Morgan fingerprint density at radius 2 is 1.84 bits per heavy atom. The van der Waals surface area contributed by atoms with Crippen LogP contribution in [0.2, 0.25) is 5.02 Å². The summed E-state index contributed by atoms with van der Waals surface area (Å²) in [4.78, 5) is 26.9. The number of carbonyl (C=O) groups is 2. The maximum Gasteiger partial charge on any atom is 0.258 e. The van der Waals surface area contributed by atoms with Crippen molar-refractivity contribution in [2.75, 3.05) is 11.4 Å². The first kappa shape index (κ1) is 20.9. The Morgan fingerprint density at radius 3 is 2.52 bits per heavy atom. The Hall–Kier alpha value is -3.33. The van der Waals surface area contributed by atoms with Gasteiger partial charge >= 0.3 is 0 Å². The largest absolute Gasteiger partial charge is 0.343 e. The molecule has 1 atom stereocenters. The van der Waals surface area contributed by atoms with Gasteiger partial charge in [-0.25, -0.2) is 13.2 Å². The fourth-order valence-electron chi connectivity index (χ4n) is 3.63. The van der Waals surface area contributed by atoms with Crippen LogP contribution in [-0.4, -0.2) is 28.1 Å². The van der Waals surface area contributed by atoms with E-state index < -0.39 is 29.4 Å². The van der Waals surface area contributed by atoms with Gasteiger partial charge in [-0.3, -0.25) is 14.3 Å². The summed E-state index contributed by atoms with van der Waals surface area (Å²) in [7, 11) is 1.65. The molecule has 31 heavy (non-hydrogen) atoms. The van der Waals surface area contributed by atoms with Crippen molar-refractivity contribution in [2.24, 2.45) is 7.05 Å². The zero-order valence-electron chi connectivity index (χ0n) is 16.2. The van der Waals surface area contributed by atoms with Crippen LogP contribution in [0.25, 0.3) is 0 Å². The van der Waals surface area contributed by atoms with E-state index in [2.05, 4.69) is 10.4 Å². The summed E-state index contributed by atoms with van der Waals surface area (Å²) in [6.45, 7) is 0.144. The molecule has 1 aliphatic rings. The average molecular weight is 449 g/mol. The standard InChI is InChI=1S/C21H16ClF3N4O2/c1-28-19-16(27-20(30)12-4-2-3-5-13(12)22)6-7-29(17(19)10-26-28)21(31)11-8-14(23)18(25)15(24)9-11/h2-5,8-10,16H,6-7H2,1H3,(H,27,30). The molecular formula is C21H16ClF3N4O2. The number of hydrogen-bond acceptors (Lipinski definition) is 3. The maximum atomic E-state index is 13.6. The van der Waals surface area contributed by atoms with Gasteiger partial charge in [-0.1, -0.05) is 23.7 Å². The first-order valence-electron chi connectivity index (χ1n) is 9.31. The molecule has 0 aliphatic carbocycles. The lowest BCUT2D eigenvalue weighted by Gasteiger charge is -2.32. The normalized spacial score (nSPS) is 15.5. The van der Waals surface area contributed by atoms with Gasteiger partial charge in [-0.2, -0.15) is 5.10 Å². The number of hydrogen-bond donors (Lipinski definition) is 1. The Labute approximate surface area is 180 Å². The van der Waals surface area contributed by atoms with Crippen molar-refractivity contribution < 1.29 is 22.8 Å². The zero-order valence-corrected chi connectivity index (χ0v) is 17.0. The lowest BCUT2D eigenvalue weighted by atomic mass is 10.0. The molecule has 0 spiro atoms. The predicted octanol–water partition coefficient (Wildman–Crippen LogP) is 4.01. The molecule has 1 unspecified atom stereocenters. The summed E-state index contributed by atoms with van der Waals surface area (Å²) in [6.07, 6.45) is 1.75. The number of nitrogens with zero attached hydrogens (tertiary/aromatic N) is 3. The van der Waals surface area contributed by atoms with Crippen LogP contribution in [-0.2, 0) is 7.05 Å². The molecule has 6 nitrogen and oxygen atoms in total. The van der Waals surface area contributed by atoms with Crippen molar-refractivity contribution in [1.82, 2.24) is 15.1 Å². The van der Waals surface area contributed by atoms with E-state index in [1.54, 1.807) is 31.3 Å². The highest BCUT2D eigenvalue weighted by Gasteiger charge is 2.34. The number of nitrogens with one attached hydrogen (secondary N) is 1. The van der Waals surface area contributed by atoms with E-state index in [-0.39, 0.29) is 18.0 Å². The minimum Gasteiger partial charge on any atom is -0.343 e. The molecule has 1 N–H and O–H groups in total. The fourth-order valence-corrected chi connectivity index (χ4v) is 3.85. The number of anilines is 1. The molecule has 160 valence electrons. The number of benzene rings is 2. The summed E-state index contributed by atoms with van der Waals surface area (Å²) in [5.41, 5.74) is 0.907. The van der Waals surface area contributed by atoms with Crippen LogP contribution in [0.4, 0.5) is 18.9 Å². The minimum atomic E-state index is -1.64. The van der Waals surface area contributed by atoms with Crippen LogP contribution < -0.4 is 10.2 Å². The van der Waals surface area contributed by atoms with Crippen LogP contribution in [0, 0.1) is 17.5 Å². The van der Waals surface area contributed by atoms with Crippen molar-refractivity contribution in [3.8, 4) is 0 Å². The Balaban J connectivity index is 1.63. The van der Waals surface area contributed by atoms with Crippen LogP contribution >= 0.6 is 11.6 Å². The molecule has 0 fully saturated rings. The van der Waals surface area contributed by atoms with E-state index in [1.807, 2.05) is 0 Å². The molecule has 1 aliphatic heterocycles. The molecule has 4 rings (SSSR count).